The lowest BCUT2D eigenvalue weighted by molar-refractivity contribution is -0.257. The Hall–Kier alpha value is -0.690. The number of cyclic esters (lactones) is 1. The van der Waals surface area contributed by atoms with Gasteiger partial charge < -0.3 is 24.8 Å². The van der Waals surface area contributed by atoms with E-state index in [-0.39, 0.29) is 18.9 Å². The molecule has 6 heteroatoms. The molecule has 1 saturated carbocycles. The summed E-state index contributed by atoms with van der Waals surface area (Å²) in [4.78, 5) is 12.2. The molecule has 0 aromatic carbocycles. The molecule has 1 aliphatic carbocycles. The van der Waals surface area contributed by atoms with E-state index in [0.717, 1.165) is 6.42 Å². The number of aliphatic hydroxyl groups excluding tert-OH is 1. The molecule has 21 heavy (non-hydrogen) atoms. The summed E-state index contributed by atoms with van der Waals surface area (Å²) in [7, 11) is 0. The van der Waals surface area contributed by atoms with Gasteiger partial charge in [0.25, 0.3) is 0 Å². The third kappa shape index (κ3) is 1.02. The van der Waals surface area contributed by atoms with Crippen LogP contribution in [0.3, 0.4) is 0 Å². The number of carbonyl (C=O) groups excluding carboxylic acids is 1. The van der Waals surface area contributed by atoms with E-state index in [1.807, 2.05) is 6.92 Å². The quantitative estimate of drug-likeness (QED) is 0.542. The smallest absolute Gasteiger partial charge is 0.335 e. The molecule has 4 fully saturated rings. The minimum absolute atomic E-state index is 0.00241. The van der Waals surface area contributed by atoms with Crippen LogP contribution in [0.4, 0.5) is 0 Å². The maximum absolute atomic E-state index is 12.2. The number of aliphatic hydroxyl groups is 3. The van der Waals surface area contributed by atoms with Crippen molar-refractivity contribution in [1.82, 2.24) is 0 Å². The van der Waals surface area contributed by atoms with Gasteiger partial charge in [0.05, 0.1) is 11.0 Å². The lowest BCUT2D eigenvalue weighted by Gasteiger charge is -2.55. The highest BCUT2D eigenvalue weighted by molar-refractivity contribution is 5.77. The molecule has 3 saturated heterocycles. The average Bonchev–Trinajstić information content (AvgIpc) is 2.88. The Labute approximate surface area is 123 Å². The first-order valence-corrected chi connectivity index (χ1v) is 7.58. The molecule has 0 aromatic rings. The Balaban J connectivity index is 2.05. The third-order valence-corrected chi connectivity index (χ3v) is 7.38. The van der Waals surface area contributed by atoms with Gasteiger partial charge in [-0.25, -0.2) is 4.79 Å². The second-order valence-corrected chi connectivity index (χ2v) is 7.78. The summed E-state index contributed by atoms with van der Waals surface area (Å²) < 4.78 is 11.3. The fourth-order valence-corrected chi connectivity index (χ4v) is 5.84. The molecule has 1 spiro atoms. The monoisotopic (exact) mass is 298 g/mol. The van der Waals surface area contributed by atoms with Crippen molar-refractivity contribution >= 4 is 5.97 Å². The summed E-state index contributed by atoms with van der Waals surface area (Å²) in [5, 5.41) is 32.6. The van der Waals surface area contributed by atoms with Gasteiger partial charge >= 0.3 is 5.97 Å². The molecule has 0 unspecified atom stereocenters. The SMILES string of the molecule is C[C@@H]1CC[C@@]23O[C@@]4(O)C[C@@]12[C@@H](O)C(=O)OC[C@]3(C)[C@@]4(C)O. The molecule has 0 aromatic heterocycles. The summed E-state index contributed by atoms with van der Waals surface area (Å²) in [5.41, 5.74) is -4.33. The maximum Gasteiger partial charge on any atom is 0.335 e. The van der Waals surface area contributed by atoms with Crippen LogP contribution in [-0.4, -0.2) is 51.0 Å². The van der Waals surface area contributed by atoms with Crippen molar-refractivity contribution < 1.29 is 29.6 Å². The highest BCUT2D eigenvalue weighted by atomic mass is 16.7. The molecule has 3 aliphatic heterocycles. The van der Waals surface area contributed by atoms with E-state index in [4.69, 9.17) is 9.47 Å². The molecule has 2 bridgehead atoms. The van der Waals surface area contributed by atoms with E-state index in [1.165, 1.54) is 0 Å². The molecule has 3 N–H and O–H groups in total. The molecule has 3 heterocycles. The van der Waals surface area contributed by atoms with Gasteiger partial charge in [-0.05, 0) is 25.7 Å². The van der Waals surface area contributed by atoms with E-state index in [1.54, 1.807) is 13.8 Å². The molecule has 0 radical (unpaired) electrons. The summed E-state index contributed by atoms with van der Waals surface area (Å²) in [6.07, 6.45) is 0.102. The zero-order valence-electron chi connectivity index (χ0n) is 12.5. The minimum Gasteiger partial charge on any atom is -0.463 e. The largest absolute Gasteiger partial charge is 0.463 e. The maximum atomic E-state index is 12.2. The van der Waals surface area contributed by atoms with Crippen molar-refractivity contribution in [2.45, 2.75) is 63.1 Å². The number of fused-ring (bicyclic) bond motifs is 1. The van der Waals surface area contributed by atoms with Crippen molar-refractivity contribution in [2.24, 2.45) is 16.7 Å². The van der Waals surface area contributed by atoms with Gasteiger partial charge in [-0.2, -0.15) is 0 Å². The molecular weight excluding hydrogens is 276 g/mol. The molecular formula is C15H22O6. The molecule has 6 nitrogen and oxygen atoms in total. The fourth-order valence-electron chi connectivity index (χ4n) is 5.84. The predicted octanol–water partition coefficient (Wildman–Crippen LogP) is -0.0610. The second kappa shape index (κ2) is 3.30. The van der Waals surface area contributed by atoms with Crippen molar-refractivity contribution in [3.05, 3.63) is 0 Å². The first-order chi connectivity index (χ1) is 9.58. The van der Waals surface area contributed by atoms with Crippen LogP contribution in [0.1, 0.15) is 40.0 Å². The Morgan fingerprint density at radius 2 is 1.95 bits per heavy atom. The van der Waals surface area contributed by atoms with E-state index in [9.17, 15) is 20.1 Å². The Morgan fingerprint density at radius 3 is 2.62 bits per heavy atom. The van der Waals surface area contributed by atoms with Crippen LogP contribution in [0, 0.1) is 16.7 Å². The summed E-state index contributed by atoms with van der Waals surface area (Å²) in [6.45, 7) is 5.24. The van der Waals surface area contributed by atoms with E-state index < -0.39 is 39.9 Å². The topological polar surface area (TPSA) is 96.2 Å². The lowest BCUT2D eigenvalue weighted by atomic mass is 9.47. The van der Waals surface area contributed by atoms with Crippen LogP contribution in [0.25, 0.3) is 0 Å². The van der Waals surface area contributed by atoms with Crippen LogP contribution >= 0.6 is 0 Å². The van der Waals surface area contributed by atoms with Gasteiger partial charge in [-0.15, -0.1) is 0 Å². The summed E-state index contributed by atoms with van der Waals surface area (Å²) in [6, 6.07) is 0. The Morgan fingerprint density at radius 1 is 1.29 bits per heavy atom. The standard InChI is InChI=1S/C15H22O6/c1-8-4-5-14-11(2)7-20-10(17)9(16)13(8,14)6-15(19,21-14)12(11,3)18/h8-9,16,18-19H,4-7H2,1-3H3/t8-,9+,11-,12-,13+,14+,15+/m1/s1. The number of ether oxygens (including phenoxy) is 2. The zero-order chi connectivity index (χ0) is 15.5. The summed E-state index contributed by atoms with van der Waals surface area (Å²) in [5.74, 6) is -2.43. The Kier molecular flexibility index (Phi) is 2.19. The van der Waals surface area contributed by atoms with Crippen LogP contribution in [0.15, 0.2) is 0 Å². The van der Waals surface area contributed by atoms with Crippen LogP contribution < -0.4 is 0 Å². The van der Waals surface area contributed by atoms with E-state index in [2.05, 4.69) is 0 Å². The van der Waals surface area contributed by atoms with Crippen LogP contribution in [0.5, 0.6) is 0 Å². The average molecular weight is 298 g/mol. The van der Waals surface area contributed by atoms with Crippen molar-refractivity contribution in [2.75, 3.05) is 6.61 Å². The van der Waals surface area contributed by atoms with Gasteiger partial charge in [-0.1, -0.05) is 13.8 Å². The van der Waals surface area contributed by atoms with Crippen LogP contribution in [0.2, 0.25) is 0 Å². The van der Waals surface area contributed by atoms with Crippen molar-refractivity contribution in [3.8, 4) is 0 Å². The van der Waals surface area contributed by atoms with Gasteiger partial charge in [0, 0.05) is 11.8 Å². The van der Waals surface area contributed by atoms with Gasteiger partial charge in [0.15, 0.2) is 11.9 Å². The highest BCUT2D eigenvalue weighted by Gasteiger charge is 2.90. The molecule has 4 aliphatic rings. The number of hydrogen-bond donors (Lipinski definition) is 3. The highest BCUT2D eigenvalue weighted by Crippen LogP contribution is 2.79. The molecule has 118 valence electrons. The summed E-state index contributed by atoms with van der Waals surface area (Å²) >= 11 is 0. The predicted molar refractivity (Wildman–Crippen MR) is 69.9 cm³/mol. The second-order valence-electron chi connectivity index (χ2n) is 7.78. The lowest BCUT2D eigenvalue weighted by Crippen LogP contribution is -2.69. The van der Waals surface area contributed by atoms with Gasteiger partial charge in [-0.3, -0.25) is 0 Å². The molecule has 0 amide bonds. The fraction of sp³-hybridized carbons (Fsp3) is 0.933. The van der Waals surface area contributed by atoms with Gasteiger partial charge in [0.2, 0.25) is 0 Å². The van der Waals surface area contributed by atoms with Crippen molar-refractivity contribution in [3.63, 3.8) is 0 Å². The normalized spacial score (nSPS) is 65.1. The molecule has 4 rings (SSSR count). The Bertz CT molecular complexity index is 546. The first kappa shape index (κ1) is 13.9. The van der Waals surface area contributed by atoms with Crippen LogP contribution in [-0.2, 0) is 14.3 Å². The number of esters is 1. The zero-order valence-corrected chi connectivity index (χ0v) is 12.5. The number of hydrogen-bond acceptors (Lipinski definition) is 6. The minimum atomic E-state index is -1.76. The van der Waals surface area contributed by atoms with Crippen molar-refractivity contribution in [1.29, 1.82) is 0 Å². The molecule has 7 atom stereocenters. The number of carbonyl (C=O) groups is 1. The van der Waals surface area contributed by atoms with Gasteiger partial charge in [0.1, 0.15) is 12.2 Å². The third-order valence-electron chi connectivity index (χ3n) is 7.38. The van der Waals surface area contributed by atoms with E-state index in [0.29, 0.717) is 6.42 Å². The number of rotatable bonds is 0. The first-order valence-electron chi connectivity index (χ1n) is 7.58. The van der Waals surface area contributed by atoms with E-state index >= 15 is 0 Å².